The lowest BCUT2D eigenvalue weighted by Gasteiger charge is -2.36. The third kappa shape index (κ3) is 3.03. The molecule has 0 unspecified atom stereocenters. The largest absolute Gasteiger partial charge is 0.392 e. The van der Waals surface area contributed by atoms with E-state index in [9.17, 15) is 15.0 Å². The van der Waals surface area contributed by atoms with Crippen LogP contribution in [0.2, 0.25) is 0 Å². The van der Waals surface area contributed by atoms with Gasteiger partial charge in [-0.25, -0.2) is 0 Å². The Balaban J connectivity index is 3.00. The van der Waals surface area contributed by atoms with Crippen LogP contribution in [0, 0.1) is 11.3 Å². The molecule has 16 heavy (non-hydrogen) atoms. The maximum atomic E-state index is 11.5. The second-order valence-electron chi connectivity index (χ2n) is 5.11. The average molecular weight is 224 g/mol. The minimum atomic E-state index is -0.506. The molecule has 90 valence electrons. The summed E-state index contributed by atoms with van der Waals surface area (Å²) in [5, 5.41) is 18.5. The lowest BCUT2D eigenvalue weighted by atomic mass is 9.68. The number of carbonyl (C=O) groups excluding carboxylic acids is 1. The quantitative estimate of drug-likeness (QED) is 0.713. The molecule has 0 amide bonds. The monoisotopic (exact) mass is 224 g/mol. The van der Waals surface area contributed by atoms with Gasteiger partial charge in [-0.05, 0) is 24.0 Å². The fourth-order valence-electron chi connectivity index (χ4n) is 2.21. The normalized spacial score (nSPS) is 26.9. The molecule has 0 spiro atoms. The summed E-state index contributed by atoms with van der Waals surface area (Å²) in [4.78, 5) is 11.5. The van der Waals surface area contributed by atoms with Crippen LogP contribution in [0.1, 0.15) is 27.2 Å². The fraction of sp³-hybridized carbons (Fsp3) is 0.615. The summed E-state index contributed by atoms with van der Waals surface area (Å²) in [5.74, 6) is 0.0838. The van der Waals surface area contributed by atoms with Crippen LogP contribution in [0.3, 0.4) is 0 Å². The first-order chi connectivity index (χ1) is 7.36. The van der Waals surface area contributed by atoms with Gasteiger partial charge >= 0.3 is 0 Å². The van der Waals surface area contributed by atoms with Gasteiger partial charge in [-0.2, -0.15) is 0 Å². The molecule has 0 saturated heterocycles. The molecule has 3 nitrogen and oxygen atoms in total. The molecular formula is C13H20O3. The van der Waals surface area contributed by atoms with E-state index in [0.29, 0.717) is 6.42 Å². The highest BCUT2D eigenvalue weighted by Gasteiger charge is 2.35. The van der Waals surface area contributed by atoms with Crippen molar-refractivity contribution in [2.75, 3.05) is 6.61 Å². The molecule has 0 aromatic heterocycles. The third-order valence-corrected chi connectivity index (χ3v) is 2.98. The molecule has 2 N–H and O–H groups in total. The van der Waals surface area contributed by atoms with E-state index in [1.807, 2.05) is 19.9 Å². The molecule has 0 heterocycles. The van der Waals surface area contributed by atoms with E-state index < -0.39 is 6.10 Å². The van der Waals surface area contributed by atoms with E-state index in [-0.39, 0.29) is 23.7 Å². The van der Waals surface area contributed by atoms with E-state index in [2.05, 4.69) is 0 Å². The van der Waals surface area contributed by atoms with Crippen LogP contribution in [-0.2, 0) is 4.79 Å². The Labute approximate surface area is 96.5 Å². The molecule has 0 bridgehead atoms. The van der Waals surface area contributed by atoms with Crippen molar-refractivity contribution >= 4 is 5.78 Å². The van der Waals surface area contributed by atoms with Crippen LogP contribution in [0.15, 0.2) is 23.8 Å². The molecule has 0 radical (unpaired) electrons. The number of hydrogen-bond acceptors (Lipinski definition) is 3. The molecule has 1 rings (SSSR count). The maximum absolute atomic E-state index is 11.5. The molecule has 0 saturated carbocycles. The zero-order valence-electron chi connectivity index (χ0n) is 10.1. The lowest BCUT2D eigenvalue weighted by Crippen LogP contribution is -2.32. The van der Waals surface area contributed by atoms with E-state index in [4.69, 9.17) is 0 Å². The Hall–Kier alpha value is -0.930. The molecule has 0 fully saturated rings. The second-order valence-corrected chi connectivity index (χ2v) is 5.11. The topological polar surface area (TPSA) is 57.5 Å². The summed E-state index contributed by atoms with van der Waals surface area (Å²) in [7, 11) is 0. The van der Waals surface area contributed by atoms with Gasteiger partial charge in [-0.3, -0.25) is 4.79 Å². The summed E-state index contributed by atoms with van der Waals surface area (Å²) < 4.78 is 0. The zero-order valence-corrected chi connectivity index (χ0v) is 10.1. The van der Waals surface area contributed by atoms with E-state index >= 15 is 0 Å². The summed E-state index contributed by atoms with van der Waals surface area (Å²) in [6.45, 7) is 5.58. The molecular weight excluding hydrogens is 204 g/mol. The van der Waals surface area contributed by atoms with Crippen molar-refractivity contribution < 1.29 is 15.0 Å². The number of rotatable bonds is 3. The Morgan fingerprint density at radius 2 is 2.25 bits per heavy atom. The minimum Gasteiger partial charge on any atom is -0.392 e. The smallest absolute Gasteiger partial charge is 0.156 e. The molecule has 2 atom stereocenters. The molecule has 0 aromatic carbocycles. The Morgan fingerprint density at radius 1 is 1.62 bits per heavy atom. The third-order valence-electron chi connectivity index (χ3n) is 2.98. The van der Waals surface area contributed by atoms with Gasteiger partial charge in [-0.15, -0.1) is 0 Å². The Bertz CT molecular complexity index is 324. The molecule has 0 aromatic rings. The highest BCUT2D eigenvalue weighted by molar-refractivity contribution is 5.92. The number of ketones is 1. The van der Waals surface area contributed by atoms with Crippen LogP contribution in [-0.4, -0.2) is 28.7 Å². The highest BCUT2D eigenvalue weighted by atomic mass is 16.3. The first kappa shape index (κ1) is 13.1. The van der Waals surface area contributed by atoms with Gasteiger partial charge < -0.3 is 10.2 Å². The van der Waals surface area contributed by atoms with Crippen molar-refractivity contribution in [2.45, 2.75) is 33.3 Å². The predicted molar refractivity (Wildman–Crippen MR) is 62.9 cm³/mol. The number of allylic oxidation sites excluding steroid dienone is 2. The summed E-state index contributed by atoms with van der Waals surface area (Å²) in [5.41, 5.74) is 0.535. The molecule has 3 heteroatoms. The zero-order chi connectivity index (χ0) is 12.3. The van der Waals surface area contributed by atoms with Gasteiger partial charge in [0.25, 0.3) is 0 Å². The van der Waals surface area contributed by atoms with E-state index in [1.54, 1.807) is 13.0 Å². The van der Waals surface area contributed by atoms with Crippen molar-refractivity contribution in [3.63, 3.8) is 0 Å². The van der Waals surface area contributed by atoms with Crippen LogP contribution in [0.5, 0.6) is 0 Å². The summed E-state index contributed by atoms with van der Waals surface area (Å²) >= 11 is 0. The van der Waals surface area contributed by atoms with Gasteiger partial charge in [0, 0.05) is 12.3 Å². The predicted octanol–water partition coefficient (Wildman–Crippen LogP) is 1.46. The SMILES string of the molecule is C[C@@H](O)/C=C/[C@H]1C(CO)=CC(=O)CC1(C)C. The van der Waals surface area contributed by atoms with Crippen molar-refractivity contribution in [2.24, 2.45) is 11.3 Å². The number of carbonyl (C=O) groups is 1. The second kappa shape index (κ2) is 4.93. The average Bonchev–Trinajstić information content (AvgIpc) is 2.13. The van der Waals surface area contributed by atoms with Crippen LogP contribution in [0.25, 0.3) is 0 Å². The maximum Gasteiger partial charge on any atom is 0.156 e. The minimum absolute atomic E-state index is 0.0183. The number of aliphatic hydroxyl groups excluding tert-OH is 2. The van der Waals surface area contributed by atoms with Gasteiger partial charge in [-0.1, -0.05) is 26.0 Å². The standard InChI is InChI=1S/C13H20O3/c1-9(15)4-5-12-10(8-14)6-11(16)7-13(12,2)3/h4-6,9,12,14-15H,7-8H2,1-3H3/b5-4+/t9-,12+/m1/s1. The van der Waals surface area contributed by atoms with Gasteiger partial charge in [0.05, 0.1) is 12.7 Å². The fourth-order valence-corrected chi connectivity index (χ4v) is 2.21. The lowest BCUT2D eigenvalue weighted by molar-refractivity contribution is -0.117. The van der Waals surface area contributed by atoms with Gasteiger partial charge in [0.1, 0.15) is 0 Å². The molecule has 1 aliphatic rings. The first-order valence-corrected chi connectivity index (χ1v) is 5.57. The molecule has 0 aliphatic heterocycles. The first-order valence-electron chi connectivity index (χ1n) is 5.57. The van der Waals surface area contributed by atoms with Crippen LogP contribution >= 0.6 is 0 Å². The van der Waals surface area contributed by atoms with Gasteiger partial charge in [0.15, 0.2) is 5.78 Å². The summed E-state index contributed by atoms with van der Waals surface area (Å²) in [6.07, 6.45) is 5.09. The van der Waals surface area contributed by atoms with Crippen molar-refractivity contribution in [3.05, 3.63) is 23.8 Å². The van der Waals surface area contributed by atoms with E-state index in [0.717, 1.165) is 5.57 Å². The summed E-state index contributed by atoms with van der Waals surface area (Å²) in [6, 6.07) is 0. The van der Waals surface area contributed by atoms with E-state index in [1.165, 1.54) is 6.08 Å². The van der Waals surface area contributed by atoms with Crippen molar-refractivity contribution in [1.29, 1.82) is 0 Å². The highest BCUT2D eigenvalue weighted by Crippen LogP contribution is 2.40. The Kier molecular flexibility index (Phi) is 4.05. The number of aliphatic hydroxyl groups is 2. The van der Waals surface area contributed by atoms with Gasteiger partial charge in [0.2, 0.25) is 0 Å². The Morgan fingerprint density at radius 3 is 2.75 bits per heavy atom. The van der Waals surface area contributed by atoms with Crippen molar-refractivity contribution in [1.82, 2.24) is 0 Å². The molecule has 1 aliphatic carbocycles. The van der Waals surface area contributed by atoms with Crippen molar-refractivity contribution in [3.8, 4) is 0 Å². The number of hydrogen-bond donors (Lipinski definition) is 2. The van der Waals surface area contributed by atoms with Crippen LogP contribution in [0.4, 0.5) is 0 Å². The van der Waals surface area contributed by atoms with Crippen LogP contribution < -0.4 is 0 Å².